The van der Waals surface area contributed by atoms with Gasteiger partial charge >= 0.3 is 0 Å². The lowest BCUT2D eigenvalue weighted by atomic mass is 10.2. The molecule has 0 radical (unpaired) electrons. The minimum Gasteiger partial charge on any atom is -0.490 e. The first-order valence-corrected chi connectivity index (χ1v) is 9.51. The van der Waals surface area contributed by atoms with Crippen molar-refractivity contribution in [1.82, 2.24) is 5.43 Å². The van der Waals surface area contributed by atoms with E-state index in [2.05, 4.69) is 38.4 Å². The maximum absolute atomic E-state index is 12.8. The summed E-state index contributed by atoms with van der Waals surface area (Å²) in [6.45, 7) is 4.89. The summed E-state index contributed by atoms with van der Waals surface area (Å²) in [4.78, 5) is 11.8. The number of carbonyl (C=O) groups is 1. The van der Waals surface area contributed by atoms with Crippen molar-refractivity contribution in [1.29, 1.82) is 0 Å². The molecule has 1 amide bonds. The average molecular weight is 485 g/mol. The number of nitrogens with zero attached hydrogens (tertiary/aromatic N) is 1. The Morgan fingerprint density at radius 3 is 2.56 bits per heavy atom. The lowest BCUT2D eigenvalue weighted by Gasteiger charge is -2.13. The smallest absolute Gasteiger partial charge is 0.259 e. The highest BCUT2D eigenvalue weighted by Crippen LogP contribution is 2.33. The van der Waals surface area contributed by atoms with Crippen LogP contribution in [0.2, 0.25) is 0 Å². The number of rotatable bonds is 9. The number of hydrogen-bond donors (Lipinski definition) is 2. The number of benzene rings is 2. The van der Waals surface area contributed by atoms with Crippen LogP contribution in [0.15, 0.2) is 41.5 Å². The lowest BCUT2D eigenvalue weighted by Crippen LogP contribution is -2.25. The summed E-state index contributed by atoms with van der Waals surface area (Å²) in [5.41, 5.74) is 3.87. The van der Waals surface area contributed by atoms with Crippen molar-refractivity contribution >= 4 is 40.4 Å². The number of amides is 1. The van der Waals surface area contributed by atoms with Crippen LogP contribution < -0.4 is 20.2 Å². The van der Waals surface area contributed by atoms with E-state index >= 15 is 0 Å². The van der Waals surface area contributed by atoms with E-state index in [0.29, 0.717) is 30.4 Å². The van der Waals surface area contributed by atoms with E-state index in [1.165, 1.54) is 18.3 Å². The normalized spacial score (nSPS) is 10.7. The molecular formula is C19H21FIN3O3. The highest BCUT2D eigenvalue weighted by atomic mass is 127. The summed E-state index contributed by atoms with van der Waals surface area (Å²) in [7, 11) is 0. The predicted octanol–water partition coefficient (Wildman–Crippen LogP) is 3.79. The maximum atomic E-state index is 12.8. The Balaban J connectivity index is 1.94. The van der Waals surface area contributed by atoms with Gasteiger partial charge in [-0.2, -0.15) is 5.10 Å². The number of hydrazone groups is 1. The minimum atomic E-state index is -0.328. The fraction of sp³-hybridized carbons (Fsp3) is 0.263. The van der Waals surface area contributed by atoms with Crippen molar-refractivity contribution in [2.75, 3.05) is 25.1 Å². The summed E-state index contributed by atoms with van der Waals surface area (Å²) in [5, 5.41) is 6.85. The molecule has 27 heavy (non-hydrogen) atoms. The number of anilines is 1. The molecule has 0 unspecified atom stereocenters. The van der Waals surface area contributed by atoms with Crippen molar-refractivity contribution in [3.63, 3.8) is 0 Å². The summed E-state index contributed by atoms with van der Waals surface area (Å²) >= 11 is 2.17. The molecule has 0 aliphatic carbocycles. The van der Waals surface area contributed by atoms with Crippen molar-refractivity contribution in [3.05, 3.63) is 51.3 Å². The molecule has 6 nitrogen and oxygen atoms in total. The molecule has 8 heteroatoms. The fourth-order valence-electron chi connectivity index (χ4n) is 2.18. The minimum absolute atomic E-state index is 0.0218. The first-order valence-electron chi connectivity index (χ1n) is 8.44. The number of hydrogen-bond acceptors (Lipinski definition) is 5. The Bertz CT molecular complexity index is 798. The maximum Gasteiger partial charge on any atom is 0.259 e. The zero-order chi connectivity index (χ0) is 19.6. The van der Waals surface area contributed by atoms with Crippen LogP contribution in [-0.4, -0.2) is 31.9 Å². The molecule has 0 atom stereocenters. The molecule has 0 saturated heterocycles. The topological polar surface area (TPSA) is 72.0 Å². The Kier molecular flexibility index (Phi) is 8.31. The summed E-state index contributed by atoms with van der Waals surface area (Å²) in [5.74, 6) is 0.689. The third kappa shape index (κ3) is 6.70. The Morgan fingerprint density at radius 1 is 1.19 bits per heavy atom. The van der Waals surface area contributed by atoms with E-state index in [9.17, 15) is 9.18 Å². The van der Waals surface area contributed by atoms with Gasteiger partial charge in [0.15, 0.2) is 11.5 Å². The van der Waals surface area contributed by atoms with Gasteiger partial charge in [-0.25, -0.2) is 9.82 Å². The van der Waals surface area contributed by atoms with Gasteiger partial charge in [-0.05, 0) is 78.4 Å². The molecule has 0 saturated carbocycles. The molecule has 0 aliphatic rings. The summed E-state index contributed by atoms with van der Waals surface area (Å²) < 4.78 is 25.0. The standard InChI is InChI=1S/C19H21FIN3O3/c1-3-26-17-10-13(9-16(21)19(17)27-4-2)11-23-24-18(25)12-22-15-7-5-14(20)6-8-15/h5-11,22H,3-4,12H2,1-2H3,(H,24,25)/b23-11-. The van der Waals surface area contributed by atoms with Gasteiger partial charge < -0.3 is 14.8 Å². The molecule has 2 aromatic carbocycles. The first-order chi connectivity index (χ1) is 13.0. The molecule has 0 spiro atoms. The molecule has 0 fully saturated rings. The van der Waals surface area contributed by atoms with Gasteiger partial charge in [-0.15, -0.1) is 0 Å². The van der Waals surface area contributed by atoms with Crippen molar-refractivity contribution in [2.24, 2.45) is 5.10 Å². The van der Waals surface area contributed by atoms with Crippen LogP contribution in [0.25, 0.3) is 0 Å². The summed E-state index contributed by atoms with van der Waals surface area (Å²) in [6, 6.07) is 9.46. The largest absolute Gasteiger partial charge is 0.490 e. The van der Waals surface area contributed by atoms with E-state index < -0.39 is 0 Å². The van der Waals surface area contributed by atoms with Crippen LogP contribution in [0.5, 0.6) is 11.5 Å². The van der Waals surface area contributed by atoms with Crippen LogP contribution in [0.3, 0.4) is 0 Å². The van der Waals surface area contributed by atoms with Gasteiger partial charge in [0.2, 0.25) is 0 Å². The predicted molar refractivity (Wildman–Crippen MR) is 112 cm³/mol. The second-order valence-corrected chi connectivity index (χ2v) is 6.51. The number of ether oxygens (including phenoxy) is 2. The van der Waals surface area contributed by atoms with Gasteiger partial charge in [0, 0.05) is 5.69 Å². The molecule has 0 aliphatic heterocycles. The first kappa shape index (κ1) is 20.9. The van der Waals surface area contributed by atoms with E-state index in [0.717, 1.165) is 9.13 Å². The Morgan fingerprint density at radius 2 is 1.89 bits per heavy atom. The van der Waals surface area contributed by atoms with E-state index in [1.807, 2.05) is 26.0 Å². The third-order valence-electron chi connectivity index (χ3n) is 3.32. The third-order valence-corrected chi connectivity index (χ3v) is 4.12. The average Bonchev–Trinajstić information content (AvgIpc) is 2.64. The van der Waals surface area contributed by atoms with Gasteiger partial charge in [0.1, 0.15) is 5.82 Å². The second-order valence-electron chi connectivity index (χ2n) is 5.35. The van der Waals surface area contributed by atoms with E-state index in [1.54, 1.807) is 12.1 Å². The second kappa shape index (κ2) is 10.7. The van der Waals surface area contributed by atoms with Gasteiger partial charge in [-0.3, -0.25) is 4.79 Å². The van der Waals surface area contributed by atoms with Crippen molar-refractivity contribution in [2.45, 2.75) is 13.8 Å². The van der Waals surface area contributed by atoms with Gasteiger partial charge in [0.25, 0.3) is 5.91 Å². The zero-order valence-electron chi connectivity index (χ0n) is 15.1. The monoisotopic (exact) mass is 485 g/mol. The van der Waals surface area contributed by atoms with Crippen molar-refractivity contribution < 1.29 is 18.7 Å². The number of nitrogens with one attached hydrogen (secondary N) is 2. The molecule has 2 rings (SSSR count). The quantitative estimate of drug-likeness (QED) is 0.322. The molecule has 144 valence electrons. The SMILES string of the molecule is CCOc1cc(/C=N\NC(=O)CNc2ccc(F)cc2)cc(I)c1OCC. The van der Waals surface area contributed by atoms with Crippen LogP contribution in [0.1, 0.15) is 19.4 Å². The molecule has 0 heterocycles. The van der Waals surface area contributed by atoms with Crippen LogP contribution in [0.4, 0.5) is 10.1 Å². The number of carbonyl (C=O) groups excluding carboxylic acids is 1. The Labute approximate surface area is 171 Å². The molecule has 2 aromatic rings. The molecular weight excluding hydrogens is 464 g/mol. The van der Waals surface area contributed by atoms with Crippen molar-refractivity contribution in [3.8, 4) is 11.5 Å². The highest BCUT2D eigenvalue weighted by molar-refractivity contribution is 14.1. The number of halogens is 2. The fourth-order valence-corrected chi connectivity index (χ4v) is 2.96. The van der Waals surface area contributed by atoms with Gasteiger partial charge in [-0.1, -0.05) is 0 Å². The summed E-state index contributed by atoms with van der Waals surface area (Å²) in [6.07, 6.45) is 1.54. The molecule has 2 N–H and O–H groups in total. The van der Waals surface area contributed by atoms with Crippen LogP contribution >= 0.6 is 22.6 Å². The Hall–Kier alpha value is -2.36. The lowest BCUT2D eigenvalue weighted by molar-refractivity contribution is -0.119. The molecule has 0 bridgehead atoms. The highest BCUT2D eigenvalue weighted by Gasteiger charge is 2.11. The molecule has 0 aromatic heterocycles. The van der Waals surface area contributed by atoms with Crippen LogP contribution in [0, 0.1) is 9.39 Å². The van der Waals surface area contributed by atoms with Gasteiger partial charge in [0.05, 0.1) is 29.5 Å². The van der Waals surface area contributed by atoms with E-state index in [-0.39, 0.29) is 18.3 Å². The van der Waals surface area contributed by atoms with Crippen LogP contribution in [-0.2, 0) is 4.79 Å². The zero-order valence-corrected chi connectivity index (χ0v) is 17.2. The van der Waals surface area contributed by atoms with E-state index in [4.69, 9.17) is 9.47 Å².